The number of ketones is 1. The fraction of sp³-hybridized carbons (Fsp3) is 0.200. The molecule has 0 bridgehead atoms. The Bertz CT molecular complexity index is 1480. The number of aromatic carboxylic acids is 1. The average molecular weight is 518 g/mol. The minimum atomic E-state index is -0.975. The number of rotatable bonds is 9. The molecule has 0 saturated heterocycles. The van der Waals surface area contributed by atoms with E-state index in [9.17, 15) is 9.59 Å². The summed E-state index contributed by atoms with van der Waals surface area (Å²) in [5.74, 6) is -1.08. The molecule has 0 fully saturated rings. The second kappa shape index (κ2) is 12.0. The van der Waals surface area contributed by atoms with Crippen LogP contribution in [0.4, 0.5) is 5.69 Å². The molecule has 0 aliphatic carbocycles. The average Bonchev–Trinajstić information content (AvgIpc) is 2.92. The lowest BCUT2D eigenvalue weighted by molar-refractivity contribution is 0.0696. The molecule has 0 aliphatic rings. The van der Waals surface area contributed by atoms with Gasteiger partial charge in [0.05, 0.1) is 5.56 Å². The molecule has 0 unspecified atom stereocenters. The van der Waals surface area contributed by atoms with Crippen molar-refractivity contribution in [2.45, 2.75) is 39.5 Å². The van der Waals surface area contributed by atoms with Gasteiger partial charge in [-0.3, -0.25) is 4.79 Å². The van der Waals surface area contributed by atoms with Crippen molar-refractivity contribution in [2.75, 3.05) is 11.9 Å². The van der Waals surface area contributed by atoms with Crippen molar-refractivity contribution < 1.29 is 14.7 Å². The lowest BCUT2D eigenvalue weighted by Gasteiger charge is -2.27. The van der Waals surface area contributed by atoms with E-state index >= 15 is 0 Å². The standard InChI is InChI=1S/C35H35NO3/c1-24-10-15-27(16-11-24)30-22-29(32(37)19-14-26-12-17-28(18-13-26)34(38)39)23-31(35(2,3)4)33(30)36-21-20-25-8-6-5-7-9-25/h5-19,22-23,36H,20-21H2,1-4H3,(H,38,39)/b19-14+. The van der Waals surface area contributed by atoms with Crippen LogP contribution in [0, 0.1) is 6.92 Å². The van der Waals surface area contributed by atoms with Crippen LogP contribution in [-0.2, 0) is 11.8 Å². The summed E-state index contributed by atoms with van der Waals surface area (Å²) >= 11 is 0. The van der Waals surface area contributed by atoms with Gasteiger partial charge in [0.25, 0.3) is 0 Å². The van der Waals surface area contributed by atoms with E-state index in [4.69, 9.17) is 5.11 Å². The Balaban J connectivity index is 1.72. The smallest absolute Gasteiger partial charge is 0.335 e. The second-order valence-corrected chi connectivity index (χ2v) is 10.8. The van der Waals surface area contributed by atoms with Gasteiger partial charge in [0.2, 0.25) is 0 Å². The second-order valence-electron chi connectivity index (χ2n) is 10.8. The first-order chi connectivity index (χ1) is 18.6. The van der Waals surface area contributed by atoms with Gasteiger partial charge in [0.15, 0.2) is 5.78 Å². The number of anilines is 1. The van der Waals surface area contributed by atoms with E-state index in [2.05, 4.69) is 81.5 Å². The monoisotopic (exact) mass is 517 g/mol. The minimum absolute atomic E-state index is 0.105. The SMILES string of the molecule is Cc1ccc(-c2cc(C(=O)/C=C/c3ccc(C(=O)O)cc3)cc(C(C)(C)C)c2NCCc2ccccc2)cc1. The Morgan fingerprint density at radius 3 is 2.13 bits per heavy atom. The van der Waals surface area contributed by atoms with Crippen molar-refractivity contribution >= 4 is 23.5 Å². The summed E-state index contributed by atoms with van der Waals surface area (Å²) in [5, 5.41) is 12.8. The number of allylic oxidation sites excluding steroid dienone is 1. The van der Waals surface area contributed by atoms with Gasteiger partial charge in [-0.05, 0) is 71.4 Å². The predicted octanol–water partition coefficient (Wildman–Crippen LogP) is 8.21. The maximum Gasteiger partial charge on any atom is 0.335 e. The third-order valence-corrected chi connectivity index (χ3v) is 6.74. The van der Waals surface area contributed by atoms with Gasteiger partial charge < -0.3 is 10.4 Å². The van der Waals surface area contributed by atoms with Gasteiger partial charge in [-0.15, -0.1) is 0 Å². The number of hydrogen-bond donors (Lipinski definition) is 2. The van der Waals surface area contributed by atoms with Gasteiger partial charge in [-0.2, -0.15) is 0 Å². The predicted molar refractivity (Wildman–Crippen MR) is 161 cm³/mol. The first-order valence-corrected chi connectivity index (χ1v) is 13.2. The van der Waals surface area contributed by atoms with E-state index in [1.807, 2.05) is 18.2 Å². The molecule has 0 aromatic heterocycles. The lowest BCUT2D eigenvalue weighted by atomic mass is 9.81. The first kappa shape index (κ1) is 27.6. The minimum Gasteiger partial charge on any atom is -0.478 e. The molecule has 2 N–H and O–H groups in total. The molecule has 4 aromatic rings. The topological polar surface area (TPSA) is 66.4 Å². The van der Waals surface area contributed by atoms with Crippen molar-refractivity contribution in [3.63, 3.8) is 0 Å². The quantitative estimate of drug-likeness (QED) is 0.173. The molecule has 0 heterocycles. The number of carboxylic acid groups (broad SMARTS) is 1. The molecular weight excluding hydrogens is 482 g/mol. The summed E-state index contributed by atoms with van der Waals surface area (Å²) in [4.78, 5) is 24.6. The van der Waals surface area contributed by atoms with Crippen molar-refractivity contribution in [1.82, 2.24) is 0 Å². The number of carbonyl (C=O) groups excluding carboxylic acids is 1. The first-order valence-electron chi connectivity index (χ1n) is 13.2. The summed E-state index contributed by atoms with van der Waals surface area (Å²) in [7, 11) is 0. The van der Waals surface area contributed by atoms with Gasteiger partial charge in [-0.25, -0.2) is 4.79 Å². The molecule has 4 rings (SSSR count). The fourth-order valence-electron chi connectivity index (χ4n) is 4.51. The van der Waals surface area contributed by atoms with E-state index in [-0.39, 0.29) is 16.8 Å². The molecule has 0 aliphatic heterocycles. The van der Waals surface area contributed by atoms with E-state index in [0.717, 1.165) is 40.9 Å². The number of nitrogens with one attached hydrogen (secondary N) is 1. The summed E-state index contributed by atoms with van der Waals surface area (Å²) in [6.45, 7) is 9.33. The highest BCUT2D eigenvalue weighted by Gasteiger charge is 2.23. The maximum atomic E-state index is 13.4. The van der Waals surface area contributed by atoms with Gasteiger partial charge >= 0.3 is 5.97 Å². The van der Waals surface area contributed by atoms with Crippen LogP contribution in [0.3, 0.4) is 0 Å². The van der Waals surface area contributed by atoms with Crippen molar-refractivity contribution in [3.8, 4) is 11.1 Å². The van der Waals surface area contributed by atoms with Crippen LogP contribution in [0.15, 0.2) is 97.1 Å². The number of aryl methyl sites for hydroxylation is 1. The number of hydrogen-bond acceptors (Lipinski definition) is 3. The van der Waals surface area contributed by atoms with Crippen LogP contribution in [-0.4, -0.2) is 23.4 Å². The molecule has 0 saturated carbocycles. The Kier molecular flexibility index (Phi) is 8.46. The van der Waals surface area contributed by atoms with Crippen molar-refractivity contribution in [2.24, 2.45) is 0 Å². The number of carboxylic acids is 1. The third kappa shape index (κ3) is 7.11. The molecule has 0 radical (unpaired) electrons. The molecule has 4 nitrogen and oxygen atoms in total. The van der Waals surface area contributed by atoms with Crippen LogP contribution in [0.25, 0.3) is 17.2 Å². The highest BCUT2D eigenvalue weighted by molar-refractivity contribution is 6.08. The van der Waals surface area contributed by atoms with E-state index in [1.54, 1.807) is 24.3 Å². The zero-order valence-corrected chi connectivity index (χ0v) is 23.0. The Labute approximate surface area is 231 Å². The summed E-state index contributed by atoms with van der Waals surface area (Å²) in [5.41, 5.74) is 8.01. The van der Waals surface area contributed by atoms with Crippen molar-refractivity contribution in [1.29, 1.82) is 0 Å². The third-order valence-electron chi connectivity index (χ3n) is 6.74. The molecule has 4 aromatic carbocycles. The number of benzene rings is 4. The van der Waals surface area contributed by atoms with Gasteiger partial charge in [0.1, 0.15) is 0 Å². The summed E-state index contributed by atoms with van der Waals surface area (Å²) in [6, 6.07) is 29.3. The normalized spacial score (nSPS) is 11.5. The van der Waals surface area contributed by atoms with E-state index < -0.39 is 5.97 Å². The van der Waals surface area contributed by atoms with Crippen molar-refractivity contribution in [3.05, 3.63) is 130 Å². The zero-order valence-electron chi connectivity index (χ0n) is 23.0. The van der Waals surface area contributed by atoms with Crippen LogP contribution < -0.4 is 5.32 Å². The van der Waals surface area contributed by atoms with Gasteiger partial charge in [-0.1, -0.05) is 99.1 Å². The molecule has 4 heteroatoms. The molecule has 0 amide bonds. The fourth-order valence-corrected chi connectivity index (χ4v) is 4.51. The molecular formula is C35H35NO3. The summed E-state index contributed by atoms with van der Waals surface area (Å²) in [6.07, 6.45) is 4.17. The summed E-state index contributed by atoms with van der Waals surface area (Å²) < 4.78 is 0. The van der Waals surface area contributed by atoms with Crippen LogP contribution >= 0.6 is 0 Å². The van der Waals surface area contributed by atoms with E-state index in [1.165, 1.54) is 23.3 Å². The highest BCUT2D eigenvalue weighted by Crippen LogP contribution is 2.39. The Hall–Kier alpha value is -4.44. The van der Waals surface area contributed by atoms with Gasteiger partial charge in [0, 0.05) is 23.4 Å². The molecule has 39 heavy (non-hydrogen) atoms. The Morgan fingerprint density at radius 1 is 0.846 bits per heavy atom. The zero-order chi connectivity index (χ0) is 28.0. The Morgan fingerprint density at radius 2 is 1.51 bits per heavy atom. The molecule has 0 atom stereocenters. The lowest BCUT2D eigenvalue weighted by Crippen LogP contribution is -2.18. The van der Waals surface area contributed by atoms with Crippen LogP contribution in [0.5, 0.6) is 0 Å². The largest absolute Gasteiger partial charge is 0.478 e. The highest BCUT2D eigenvalue weighted by atomic mass is 16.4. The maximum absolute atomic E-state index is 13.4. The number of carbonyl (C=O) groups is 2. The van der Waals surface area contributed by atoms with Crippen LogP contribution in [0.1, 0.15) is 63.7 Å². The molecule has 198 valence electrons. The van der Waals surface area contributed by atoms with Crippen LogP contribution in [0.2, 0.25) is 0 Å². The molecule has 0 spiro atoms. The van der Waals surface area contributed by atoms with E-state index in [0.29, 0.717) is 5.56 Å².